The average molecular weight is 345 g/mol. The highest BCUT2D eigenvalue weighted by atomic mass is 16.2. The van der Waals surface area contributed by atoms with Gasteiger partial charge in [-0.1, -0.05) is 0 Å². The summed E-state index contributed by atoms with van der Waals surface area (Å²) in [6.45, 7) is 4.79. The van der Waals surface area contributed by atoms with Crippen molar-refractivity contribution in [2.75, 3.05) is 32.7 Å². The zero-order valence-corrected chi connectivity index (χ0v) is 14.6. The molecule has 1 atom stereocenters. The number of carbonyl (C=O) groups excluding carboxylic acids is 2. The summed E-state index contributed by atoms with van der Waals surface area (Å²) in [5, 5.41) is 5.71. The molecule has 3 rings (SSSR count). The molecule has 0 aromatic carbocycles. The molecule has 2 fully saturated rings. The van der Waals surface area contributed by atoms with Crippen molar-refractivity contribution in [3.63, 3.8) is 0 Å². The molecule has 7 heteroatoms. The van der Waals surface area contributed by atoms with E-state index in [-0.39, 0.29) is 11.9 Å². The van der Waals surface area contributed by atoms with E-state index in [2.05, 4.69) is 20.5 Å². The molecule has 2 aliphatic rings. The Morgan fingerprint density at radius 1 is 1.12 bits per heavy atom. The molecule has 0 saturated carbocycles. The summed E-state index contributed by atoms with van der Waals surface area (Å²) in [7, 11) is 0. The van der Waals surface area contributed by atoms with Crippen LogP contribution in [0.3, 0.4) is 0 Å². The number of nitrogens with zero attached hydrogens (tertiary/aromatic N) is 3. The van der Waals surface area contributed by atoms with Gasteiger partial charge in [-0.05, 0) is 50.0 Å². The van der Waals surface area contributed by atoms with E-state index in [0.29, 0.717) is 25.6 Å². The van der Waals surface area contributed by atoms with Gasteiger partial charge in [0.2, 0.25) is 5.91 Å². The fourth-order valence-corrected chi connectivity index (χ4v) is 3.52. The molecule has 2 saturated heterocycles. The number of rotatable bonds is 6. The van der Waals surface area contributed by atoms with Gasteiger partial charge < -0.3 is 15.5 Å². The van der Waals surface area contributed by atoms with Gasteiger partial charge in [0.15, 0.2) is 0 Å². The van der Waals surface area contributed by atoms with Crippen LogP contribution in [0, 0.1) is 0 Å². The van der Waals surface area contributed by atoms with Gasteiger partial charge in [0, 0.05) is 51.0 Å². The van der Waals surface area contributed by atoms with E-state index in [4.69, 9.17) is 0 Å². The minimum Gasteiger partial charge on any atom is -0.352 e. The maximum Gasteiger partial charge on any atom is 0.317 e. The van der Waals surface area contributed by atoms with E-state index < -0.39 is 0 Å². The van der Waals surface area contributed by atoms with E-state index in [1.807, 2.05) is 17.0 Å². The van der Waals surface area contributed by atoms with E-state index in [0.717, 1.165) is 38.2 Å². The van der Waals surface area contributed by atoms with Gasteiger partial charge in [0.05, 0.1) is 0 Å². The monoisotopic (exact) mass is 345 g/mol. The summed E-state index contributed by atoms with van der Waals surface area (Å²) in [4.78, 5) is 32.4. The number of hydrogen-bond donors (Lipinski definition) is 2. The lowest BCUT2D eigenvalue weighted by molar-refractivity contribution is -0.121. The minimum atomic E-state index is -0.0616. The van der Waals surface area contributed by atoms with Gasteiger partial charge in [-0.2, -0.15) is 0 Å². The molecule has 25 heavy (non-hydrogen) atoms. The van der Waals surface area contributed by atoms with Crippen molar-refractivity contribution in [1.82, 2.24) is 25.4 Å². The number of aromatic nitrogens is 1. The first-order valence-electron chi connectivity index (χ1n) is 9.15. The van der Waals surface area contributed by atoms with Crippen LogP contribution in [0.15, 0.2) is 24.5 Å². The first-order chi connectivity index (χ1) is 12.2. The van der Waals surface area contributed by atoms with Crippen molar-refractivity contribution in [2.24, 2.45) is 0 Å². The van der Waals surface area contributed by atoms with Crippen LogP contribution in [0.2, 0.25) is 0 Å². The van der Waals surface area contributed by atoms with Gasteiger partial charge in [-0.25, -0.2) is 4.79 Å². The second kappa shape index (κ2) is 8.80. The van der Waals surface area contributed by atoms with Gasteiger partial charge in [-0.3, -0.25) is 14.7 Å². The van der Waals surface area contributed by atoms with Crippen LogP contribution < -0.4 is 10.6 Å². The van der Waals surface area contributed by atoms with Gasteiger partial charge in [0.1, 0.15) is 0 Å². The second-order valence-corrected chi connectivity index (χ2v) is 6.75. The van der Waals surface area contributed by atoms with Crippen LogP contribution in [-0.4, -0.2) is 65.5 Å². The number of pyridine rings is 1. The topological polar surface area (TPSA) is 77.6 Å². The summed E-state index contributed by atoms with van der Waals surface area (Å²) >= 11 is 0. The Bertz CT molecular complexity index is 574. The van der Waals surface area contributed by atoms with Crippen LogP contribution >= 0.6 is 0 Å². The molecular weight excluding hydrogens is 318 g/mol. The van der Waals surface area contributed by atoms with Crippen molar-refractivity contribution in [3.8, 4) is 0 Å². The highest BCUT2D eigenvalue weighted by Gasteiger charge is 2.31. The highest BCUT2D eigenvalue weighted by Crippen LogP contribution is 2.20. The molecule has 0 spiro atoms. The lowest BCUT2D eigenvalue weighted by Gasteiger charge is -2.23. The van der Waals surface area contributed by atoms with E-state index in [1.165, 1.54) is 12.8 Å². The van der Waals surface area contributed by atoms with Gasteiger partial charge >= 0.3 is 6.03 Å². The lowest BCUT2D eigenvalue weighted by atomic mass is 10.2. The molecule has 1 aromatic rings. The number of urea groups is 1. The number of carbonyl (C=O) groups is 2. The minimum absolute atomic E-state index is 0.0522. The molecule has 3 heterocycles. The van der Waals surface area contributed by atoms with Crippen molar-refractivity contribution in [1.29, 1.82) is 0 Å². The fraction of sp³-hybridized carbons (Fsp3) is 0.611. The quantitative estimate of drug-likeness (QED) is 0.805. The maximum absolute atomic E-state index is 12.2. The molecule has 0 aliphatic carbocycles. The third-order valence-electron chi connectivity index (χ3n) is 4.97. The van der Waals surface area contributed by atoms with Crippen molar-refractivity contribution in [2.45, 2.75) is 38.3 Å². The normalized spacial score (nSPS) is 20.6. The lowest BCUT2D eigenvalue weighted by Crippen LogP contribution is -2.42. The maximum atomic E-state index is 12.2. The molecular formula is C18H27N5O2. The highest BCUT2D eigenvalue weighted by molar-refractivity contribution is 5.78. The van der Waals surface area contributed by atoms with Crippen LogP contribution in [-0.2, 0) is 11.3 Å². The van der Waals surface area contributed by atoms with Crippen LogP contribution in [0.5, 0.6) is 0 Å². The number of amides is 3. The molecule has 3 amide bonds. The van der Waals surface area contributed by atoms with Crippen LogP contribution in [0.1, 0.15) is 31.2 Å². The Morgan fingerprint density at radius 2 is 1.88 bits per heavy atom. The van der Waals surface area contributed by atoms with Gasteiger partial charge in [0.25, 0.3) is 0 Å². The zero-order chi connectivity index (χ0) is 17.5. The molecule has 0 bridgehead atoms. The summed E-state index contributed by atoms with van der Waals surface area (Å²) in [5.74, 6) is -0.0616. The Morgan fingerprint density at radius 3 is 2.64 bits per heavy atom. The van der Waals surface area contributed by atoms with E-state index in [1.54, 1.807) is 12.4 Å². The Labute approximate surface area is 148 Å². The third-order valence-corrected chi connectivity index (χ3v) is 4.97. The third kappa shape index (κ3) is 5.16. The second-order valence-electron chi connectivity index (χ2n) is 6.75. The van der Waals surface area contributed by atoms with Crippen LogP contribution in [0.4, 0.5) is 4.79 Å². The average Bonchev–Trinajstić information content (AvgIpc) is 3.32. The Balaban J connectivity index is 1.30. The Kier molecular flexibility index (Phi) is 6.22. The number of likely N-dealkylation sites (tertiary alicyclic amines) is 2. The first kappa shape index (κ1) is 17.7. The van der Waals surface area contributed by atoms with Gasteiger partial charge in [-0.15, -0.1) is 0 Å². The SMILES string of the molecule is O=C(CCNC(=O)N1CCC(N2CCCC2)C1)NCc1ccncc1. The summed E-state index contributed by atoms with van der Waals surface area (Å²) in [6.07, 6.45) is 7.30. The smallest absolute Gasteiger partial charge is 0.317 e. The first-order valence-corrected chi connectivity index (χ1v) is 9.15. The predicted molar refractivity (Wildman–Crippen MR) is 94.9 cm³/mol. The summed E-state index contributed by atoms with van der Waals surface area (Å²) in [6, 6.07) is 4.19. The summed E-state index contributed by atoms with van der Waals surface area (Å²) < 4.78 is 0. The molecule has 2 N–H and O–H groups in total. The fourth-order valence-electron chi connectivity index (χ4n) is 3.52. The standard InChI is InChI=1S/C18H27N5O2/c24-17(21-13-15-3-7-19-8-4-15)5-9-20-18(25)23-12-6-16(14-23)22-10-1-2-11-22/h3-4,7-8,16H,1-2,5-6,9-14H2,(H,20,25)(H,21,24). The molecule has 136 valence electrons. The molecule has 0 radical (unpaired) electrons. The predicted octanol–water partition coefficient (Wildman–Crippen LogP) is 0.968. The summed E-state index contributed by atoms with van der Waals surface area (Å²) in [5.41, 5.74) is 1.01. The number of nitrogens with one attached hydrogen (secondary N) is 2. The Hall–Kier alpha value is -2.15. The van der Waals surface area contributed by atoms with Crippen molar-refractivity contribution < 1.29 is 9.59 Å². The zero-order valence-electron chi connectivity index (χ0n) is 14.6. The van der Waals surface area contributed by atoms with Crippen molar-refractivity contribution >= 4 is 11.9 Å². The number of hydrogen-bond acceptors (Lipinski definition) is 4. The van der Waals surface area contributed by atoms with E-state index in [9.17, 15) is 9.59 Å². The largest absolute Gasteiger partial charge is 0.352 e. The van der Waals surface area contributed by atoms with Crippen molar-refractivity contribution in [3.05, 3.63) is 30.1 Å². The van der Waals surface area contributed by atoms with E-state index >= 15 is 0 Å². The molecule has 1 aromatic heterocycles. The van der Waals surface area contributed by atoms with Crippen LogP contribution in [0.25, 0.3) is 0 Å². The molecule has 1 unspecified atom stereocenters. The molecule has 2 aliphatic heterocycles. The molecule has 7 nitrogen and oxygen atoms in total.